The van der Waals surface area contributed by atoms with Gasteiger partial charge in [0.2, 0.25) is 0 Å². The Hall–Kier alpha value is -1.69. The molecule has 0 fully saturated rings. The normalized spacial score (nSPS) is 10.3. The summed E-state index contributed by atoms with van der Waals surface area (Å²) in [6.45, 7) is 2.55. The van der Waals surface area contributed by atoms with Gasteiger partial charge in [-0.15, -0.1) is 11.3 Å². The molecule has 6 heteroatoms. The van der Waals surface area contributed by atoms with Gasteiger partial charge in [0, 0.05) is 24.0 Å². The molecule has 0 spiro atoms. The summed E-state index contributed by atoms with van der Waals surface area (Å²) in [5, 5.41) is 5.85. The molecule has 2 aromatic rings. The van der Waals surface area contributed by atoms with Crippen LogP contribution in [0.3, 0.4) is 0 Å². The van der Waals surface area contributed by atoms with Crippen LogP contribution in [-0.4, -0.2) is 27.4 Å². The van der Waals surface area contributed by atoms with Crippen molar-refractivity contribution in [3.05, 3.63) is 34.3 Å². The summed E-state index contributed by atoms with van der Waals surface area (Å²) < 4.78 is 0. The van der Waals surface area contributed by atoms with Gasteiger partial charge in [0.15, 0.2) is 0 Å². The number of hydrogen-bond acceptors (Lipinski definition) is 4. The molecule has 0 aliphatic heterocycles. The van der Waals surface area contributed by atoms with E-state index in [2.05, 4.69) is 20.3 Å². The third kappa shape index (κ3) is 2.66. The quantitative estimate of drug-likeness (QED) is 0.836. The van der Waals surface area contributed by atoms with Crippen molar-refractivity contribution in [3.8, 4) is 0 Å². The number of H-pyrrole nitrogens is 1. The van der Waals surface area contributed by atoms with Crippen LogP contribution in [0.1, 0.15) is 21.2 Å². The molecule has 0 aliphatic carbocycles. The minimum Gasteiger partial charge on any atom is -0.350 e. The first-order chi connectivity index (χ1) is 7.75. The van der Waals surface area contributed by atoms with Gasteiger partial charge < -0.3 is 10.3 Å². The average Bonchev–Trinajstić information content (AvgIpc) is 2.89. The second-order valence-electron chi connectivity index (χ2n) is 3.35. The van der Waals surface area contributed by atoms with Crippen LogP contribution in [-0.2, 0) is 6.42 Å². The number of thiazole rings is 1. The molecule has 84 valence electrons. The molecule has 0 unspecified atom stereocenters. The maximum atomic E-state index is 11.5. The fourth-order valence-electron chi connectivity index (χ4n) is 1.28. The van der Waals surface area contributed by atoms with Crippen molar-refractivity contribution in [2.24, 2.45) is 0 Å². The molecule has 1 amide bonds. The van der Waals surface area contributed by atoms with Gasteiger partial charge in [-0.25, -0.2) is 9.97 Å². The summed E-state index contributed by atoms with van der Waals surface area (Å²) in [6, 6.07) is 0. The van der Waals surface area contributed by atoms with Crippen molar-refractivity contribution >= 4 is 17.2 Å². The Morgan fingerprint density at radius 1 is 1.62 bits per heavy atom. The van der Waals surface area contributed by atoms with E-state index in [-0.39, 0.29) is 5.91 Å². The summed E-state index contributed by atoms with van der Waals surface area (Å²) >= 11 is 1.62. The zero-order valence-corrected chi connectivity index (χ0v) is 9.67. The maximum Gasteiger partial charge on any atom is 0.269 e. The standard InChI is InChI=1S/C10H12N4OS/c1-7-5-16-9(14-7)2-3-12-10(15)8-4-11-6-13-8/h4-6H,2-3H2,1H3,(H,11,13)(H,12,15). The van der Waals surface area contributed by atoms with E-state index in [0.29, 0.717) is 12.2 Å². The van der Waals surface area contributed by atoms with E-state index in [9.17, 15) is 4.79 Å². The predicted molar refractivity (Wildman–Crippen MR) is 61.5 cm³/mol. The molecule has 0 bridgehead atoms. The number of aryl methyl sites for hydroxylation is 1. The Kier molecular flexibility index (Phi) is 3.31. The Labute approximate surface area is 96.9 Å². The molecule has 0 aliphatic rings. The summed E-state index contributed by atoms with van der Waals surface area (Å²) in [5.41, 5.74) is 1.51. The maximum absolute atomic E-state index is 11.5. The minimum absolute atomic E-state index is 0.134. The smallest absolute Gasteiger partial charge is 0.269 e. The van der Waals surface area contributed by atoms with E-state index in [1.54, 1.807) is 11.3 Å². The van der Waals surface area contributed by atoms with Crippen molar-refractivity contribution in [1.82, 2.24) is 20.3 Å². The van der Waals surface area contributed by atoms with Crippen LogP contribution in [0.2, 0.25) is 0 Å². The van der Waals surface area contributed by atoms with Crippen LogP contribution >= 0.6 is 11.3 Å². The number of amides is 1. The predicted octanol–water partition coefficient (Wildman–Crippen LogP) is 1.15. The number of hydrogen-bond donors (Lipinski definition) is 2. The first-order valence-electron chi connectivity index (χ1n) is 4.93. The van der Waals surface area contributed by atoms with E-state index in [4.69, 9.17) is 0 Å². The highest BCUT2D eigenvalue weighted by atomic mass is 32.1. The number of aromatic amines is 1. The largest absolute Gasteiger partial charge is 0.350 e. The monoisotopic (exact) mass is 236 g/mol. The van der Waals surface area contributed by atoms with Crippen LogP contribution in [0.5, 0.6) is 0 Å². The van der Waals surface area contributed by atoms with Crippen LogP contribution < -0.4 is 5.32 Å². The topological polar surface area (TPSA) is 70.7 Å². The highest BCUT2D eigenvalue weighted by Gasteiger charge is 2.06. The lowest BCUT2D eigenvalue weighted by Gasteiger charge is -2.00. The number of nitrogens with one attached hydrogen (secondary N) is 2. The Morgan fingerprint density at radius 2 is 2.50 bits per heavy atom. The molecule has 2 aromatic heterocycles. The van der Waals surface area contributed by atoms with Crippen LogP contribution in [0.25, 0.3) is 0 Å². The zero-order chi connectivity index (χ0) is 11.4. The Balaban J connectivity index is 1.78. The molecule has 2 N–H and O–H groups in total. The highest BCUT2D eigenvalue weighted by molar-refractivity contribution is 7.09. The van der Waals surface area contributed by atoms with Crippen molar-refractivity contribution in [2.45, 2.75) is 13.3 Å². The SMILES string of the molecule is Cc1csc(CCNC(=O)c2cnc[nH]2)n1. The molecule has 0 aromatic carbocycles. The van der Waals surface area contributed by atoms with E-state index in [0.717, 1.165) is 17.1 Å². The average molecular weight is 236 g/mol. The first-order valence-corrected chi connectivity index (χ1v) is 5.81. The number of rotatable bonds is 4. The van der Waals surface area contributed by atoms with Gasteiger partial charge in [-0.1, -0.05) is 0 Å². The summed E-state index contributed by atoms with van der Waals surface area (Å²) in [5.74, 6) is -0.134. The van der Waals surface area contributed by atoms with Crippen molar-refractivity contribution in [2.75, 3.05) is 6.54 Å². The molecule has 0 saturated carbocycles. The van der Waals surface area contributed by atoms with E-state index in [1.807, 2.05) is 12.3 Å². The number of aromatic nitrogens is 3. The van der Waals surface area contributed by atoms with Crippen LogP contribution in [0.15, 0.2) is 17.9 Å². The fourth-order valence-corrected chi connectivity index (χ4v) is 2.05. The zero-order valence-electron chi connectivity index (χ0n) is 8.86. The van der Waals surface area contributed by atoms with Crippen molar-refractivity contribution < 1.29 is 4.79 Å². The molecular formula is C10H12N4OS. The first kappa shape index (κ1) is 10.8. The van der Waals surface area contributed by atoms with Gasteiger partial charge in [-0.2, -0.15) is 0 Å². The Bertz CT molecular complexity index is 463. The number of nitrogens with zero attached hydrogens (tertiary/aromatic N) is 2. The minimum atomic E-state index is -0.134. The van der Waals surface area contributed by atoms with Crippen LogP contribution in [0, 0.1) is 6.92 Å². The van der Waals surface area contributed by atoms with Gasteiger partial charge in [0.05, 0.1) is 17.5 Å². The molecule has 16 heavy (non-hydrogen) atoms. The van der Waals surface area contributed by atoms with E-state index in [1.165, 1.54) is 12.5 Å². The third-order valence-corrected chi connectivity index (χ3v) is 3.06. The second-order valence-corrected chi connectivity index (χ2v) is 4.30. The Morgan fingerprint density at radius 3 is 3.12 bits per heavy atom. The van der Waals surface area contributed by atoms with Gasteiger partial charge in [0.25, 0.3) is 5.91 Å². The van der Waals surface area contributed by atoms with Gasteiger partial charge in [-0.3, -0.25) is 4.79 Å². The molecule has 0 saturated heterocycles. The van der Waals surface area contributed by atoms with Gasteiger partial charge in [-0.05, 0) is 6.92 Å². The number of carbonyl (C=O) groups excluding carboxylic acids is 1. The molecule has 2 rings (SSSR count). The van der Waals surface area contributed by atoms with Gasteiger partial charge >= 0.3 is 0 Å². The summed E-state index contributed by atoms with van der Waals surface area (Å²) in [7, 11) is 0. The van der Waals surface area contributed by atoms with Crippen molar-refractivity contribution in [1.29, 1.82) is 0 Å². The summed E-state index contributed by atoms with van der Waals surface area (Å²) in [4.78, 5) is 22.4. The molecule has 0 atom stereocenters. The number of carbonyl (C=O) groups is 1. The number of imidazole rings is 1. The highest BCUT2D eigenvalue weighted by Crippen LogP contribution is 2.08. The second kappa shape index (κ2) is 4.89. The van der Waals surface area contributed by atoms with E-state index >= 15 is 0 Å². The lowest BCUT2D eigenvalue weighted by atomic mass is 10.4. The van der Waals surface area contributed by atoms with Crippen molar-refractivity contribution in [3.63, 3.8) is 0 Å². The molecule has 5 nitrogen and oxygen atoms in total. The molecular weight excluding hydrogens is 224 g/mol. The van der Waals surface area contributed by atoms with Crippen LogP contribution in [0.4, 0.5) is 0 Å². The third-order valence-electron chi connectivity index (χ3n) is 2.03. The summed E-state index contributed by atoms with van der Waals surface area (Å²) in [6.07, 6.45) is 3.75. The van der Waals surface area contributed by atoms with E-state index < -0.39 is 0 Å². The lowest BCUT2D eigenvalue weighted by Crippen LogP contribution is -2.25. The fraction of sp³-hybridized carbons (Fsp3) is 0.300. The molecule has 2 heterocycles. The van der Waals surface area contributed by atoms with Gasteiger partial charge in [0.1, 0.15) is 5.69 Å². The lowest BCUT2D eigenvalue weighted by molar-refractivity contribution is 0.0949. The molecule has 0 radical (unpaired) electrons.